The van der Waals surface area contributed by atoms with Crippen molar-refractivity contribution >= 4 is 15.7 Å². The number of hydrogen-bond acceptors (Lipinski definition) is 5. The van der Waals surface area contributed by atoms with Crippen LogP contribution in [0, 0.1) is 0 Å². The van der Waals surface area contributed by atoms with Crippen LogP contribution in [0.15, 0.2) is 53.6 Å². The van der Waals surface area contributed by atoms with Gasteiger partial charge >= 0.3 is 0 Å². The molecule has 2 aliphatic rings. The van der Waals surface area contributed by atoms with Gasteiger partial charge in [0.05, 0.1) is 16.3 Å². The van der Waals surface area contributed by atoms with E-state index >= 15 is 0 Å². The van der Waals surface area contributed by atoms with Gasteiger partial charge in [0.2, 0.25) is 0 Å². The molecule has 1 aromatic heterocycles. The smallest absolute Gasteiger partial charge is 0.262 e. The van der Waals surface area contributed by atoms with E-state index in [0.29, 0.717) is 30.4 Å². The van der Waals surface area contributed by atoms with E-state index < -0.39 is 10.0 Å². The highest BCUT2D eigenvalue weighted by Crippen LogP contribution is 2.34. The molecule has 2 aliphatic heterocycles. The highest BCUT2D eigenvalue weighted by Gasteiger charge is 2.22. The van der Waals surface area contributed by atoms with E-state index in [0.717, 1.165) is 42.9 Å². The lowest BCUT2D eigenvalue weighted by molar-refractivity contribution is 0.171. The molecule has 1 N–H and O–H groups in total. The molecule has 0 saturated heterocycles. The van der Waals surface area contributed by atoms with Gasteiger partial charge in [0.1, 0.15) is 19.0 Å². The molecular weight excluding hydrogens is 390 g/mol. The molecule has 150 valence electrons. The number of imidazole rings is 1. The van der Waals surface area contributed by atoms with E-state index in [2.05, 4.69) is 9.29 Å². The Bertz CT molecular complexity index is 1150. The molecular formula is C21H21N3O4S. The van der Waals surface area contributed by atoms with E-state index in [1.54, 1.807) is 18.2 Å². The quantitative estimate of drug-likeness (QED) is 0.711. The van der Waals surface area contributed by atoms with Crippen LogP contribution < -0.4 is 14.2 Å². The van der Waals surface area contributed by atoms with Crippen LogP contribution in [0.4, 0.5) is 5.69 Å². The lowest BCUT2D eigenvalue weighted by Crippen LogP contribution is -2.17. The van der Waals surface area contributed by atoms with Crippen LogP contribution >= 0.6 is 0 Å². The first kappa shape index (κ1) is 18.1. The van der Waals surface area contributed by atoms with E-state index in [-0.39, 0.29) is 4.90 Å². The fourth-order valence-electron chi connectivity index (χ4n) is 3.73. The SMILES string of the molecule is O=S(=O)(Nc1ccccc1-c1cn2c(n1)CCCC2)c1ccc2c(c1)OCCO2. The van der Waals surface area contributed by atoms with Gasteiger partial charge in [-0.15, -0.1) is 0 Å². The average Bonchev–Trinajstić information content (AvgIpc) is 3.17. The second-order valence-corrected chi connectivity index (χ2v) is 8.83. The van der Waals surface area contributed by atoms with Crippen molar-refractivity contribution in [3.05, 3.63) is 54.5 Å². The number of benzene rings is 2. The number of nitrogens with one attached hydrogen (secondary N) is 1. The summed E-state index contributed by atoms with van der Waals surface area (Å²) in [5, 5.41) is 0. The van der Waals surface area contributed by atoms with Crippen LogP contribution in [0.1, 0.15) is 18.7 Å². The van der Waals surface area contributed by atoms with Crippen LogP contribution in [0.2, 0.25) is 0 Å². The molecule has 0 atom stereocenters. The summed E-state index contributed by atoms with van der Waals surface area (Å²) in [6.07, 6.45) is 5.23. The zero-order valence-electron chi connectivity index (χ0n) is 15.8. The van der Waals surface area contributed by atoms with Crippen molar-refractivity contribution in [3.8, 4) is 22.8 Å². The standard InChI is InChI=1S/C21H21N3O4S/c25-29(26,15-8-9-19-20(13-15)28-12-11-27-19)23-17-6-2-1-5-16(17)18-14-24-10-4-3-7-21(24)22-18/h1-2,5-6,8-9,13-14,23H,3-4,7,10-12H2. The zero-order valence-corrected chi connectivity index (χ0v) is 16.6. The predicted octanol–water partition coefficient (Wildman–Crippen LogP) is 3.46. The lowest BCUT2D eigenvalue weighted by Gasteiger charge is -2.19. The fraction of sp³-hybridized carbons (Fsp3) is 0.286. The maximum Gasteiger partial charge on any atom is 0.262 e. The number of fused-ring (bicyclic) bond motifs is 2. The fourth-order valence-corrected chi connectivity index (χ4v) is 4.83. The van der Waals surface area contributed by atoms with Crippen LogP contribution in [-0.2, 0) is 23.0 Å². The van der Waals surface area contributed by atoms with E-state index in [1.807, 2.05) is 18.3 Å². The molecule has 0 fully saturated rings. The first-order valence-electron chi connectivity index (χ1n) is 9.68. The molecule has 8 heteroatoms. The number of anilines is 1. The highest BCUT2D eigenvalue weighted by molar-refractivity contribution is 7.92. The van der Waals surface area contributed by atoms with Gasteiger partial charge in [-0.3, -0.25) is 4.72 Å². The van der Waals surface area contributed by atoms with Crippen LogP contribution in [0.3, 0.4) is 0 Å². The topological polar surface area (TPSA) is 82.5 Å². The number of sulfonamides is 1. The number of hydrogen-bond donors (Lipinski definition) is 1. The summed E-state index contributed by atoms with van der Waals surface area (Å²) in [5.41, 5.74) is 2.04. The molecule has 0 unspecified atom stereocenters. The van der Waals surface area contributed by atoms with Crippen molar-refractivity contribution in [2.75, 3.05) is 17.9 Å². The van der Waals surface area contributed by atoms with Crippen molar-refractivity contribution < 1.29 is 17.9 Å². The second-order valence-electron chi connectivity index (χ2n) is 7.15. The predicted molar refractivity (Wildman–Crippen MR) is 109 cm³/mol. The Morgan fingerprint density at radius 3 is 2.69 bits per heavy atom. The minimum absolute atomic E-state index is 0.126. The monoisotopic (exact) mass is 411 g/mol. The summed E-state index contributed by atoms with van der Waals surface area (Å²) in [6, 6.07) is 12.0. The Morgan fingerprint density at radius 2 is 1.83 bits per heavy atom. The first-order chi connectivity index (χ1) is 14.1. The molecule has 3 heterocycles. The maximum atomic E-state index is 13.0. The summed E-state index contributed by atoms with van der Waals surface area (Å²) >= 11 is 0. The summed E-state index contributed by atoms with van der Waals surface area (Å²) in [5.74, 6) is 2.05. The molecule has 0 saturated carbocycles. The highest BCUT2D eigenvalue weighted by atomic mass is 32.2. The number of ether oxygens (including phenoxy) is 2. The molecule has 3 aromatic rings. The average molecular weight is 411 g/mol. The van der Waals surface area contributed by atoms with Gasteiger partial charge in [-0.2, -0.15) is 0 Å². The third-order valence-electron chi connectivity index (χ3n) is 5.18. The molecule has 2 aromatic carbocycles. The summed E-state index contributed by atoms with van der Waals surface area (Å²) in [7, 11) is -3.80. The number of nitrogens with zero attached hydrogens (tertiary/aromatic N) is 2. The lowest BCUT2D eigenvalue weighted by atomic mass is 10.1. The van der Waals surface area contributed by atoms with Crippen molar-refractivity contribution in [2.45, 2.75) is 30.7 Å². The normalized spacial score (nSPS) is 15.6. The second kappa shape index (κ2) is 7.11. The summed E-state index contributed by atoms with van der Waals surface area (Å²) in [6.45, 7) is 1.81. The van der Waals surface area contributed by atoms with Crippen LogP contribution in [-0.4, -0.2) is 31.2 Å². The van der Waals surface area contributed by atoms with Crippen molar-refractivity contribution in [1.29, 1.82) is 0 Å². The molecule has 0 aliphatic carbocycles. The molecule has 7 nitrogen and oxygen atoms in total. The zero-order chi connectivity index (χ0) is 19.8. The molecule has 0 spiro atoms. The molecule has 0 amide bonds. The Kier molecular flexibility index (Phi) is 4.43. The van der Waals surface area contributed by atoms with Gasteiger partial charge in [-0.1, -0.05) is 18.2 Å². The number of rotatable bonds is 4. The summed E-state index contributed by atoms with van der Waals surface area (Å²) in [4.78, 5) is 4.86. The van der Waals surface area contributed by atoms with Gasteiger partial charge in [-0.05, 0) is 31.0 Å². The van der Waals surface area contributed by atoms with Gasteiger partial charge in [0.25, 0.3) is 10.0 Å². The van der Waals surface area contributed by atoms with Crippen molar-refractivity contribution in [3.63, 3.8) is 0 Å². The van der Waals surface area contributed by atoms with Gasteiger partial charge in [0, 0.05) is 30.8 Å². The van der Waals surface area contributed by atoms with Gasteiger partial charge < -0.3 is 14.0 Å². The van der Waals surface area contributed by atoms with Crippen molar-refractivity contribution in [2.24, 2.45) is 0 Å². The Hall–Kier alpha value is -3.00. The van der Waals surface area contributed by atoms with Crippen LogP contribution in [0.25, 0.3) is 11.3 Å². The van der Waals surface area contributed by atoms with Crippen molar-refractivity contribution in [1.82, 2.24) is 9.55 Å². The van der Waals surface area contributed by atoms with Crippen LogP contribution in [0.5, 0.6) is 11.5 Å². The third kappa shape index (κ3) is 3.44. The van der Waals surface area contributed by atoms with E-state index in [4.69, 9.17) is 14.5 Å². The Labute approximate surface area is 169 Å². The van der Waals surface area contributed by atoms with E-state index in [9.17, 15) is 8.42 Å². The number of aryl methyl sites for hydroxylation is 2. The van der Waals surface area contributed by atoms with E-state index in [1.165, 1.54) is 12.1 Å². The van der Waals surface area contributed by atoms with Gasteiger partial charge in [0.15, 0.2) is 11.5 Å². The maximum absolute atomic E-state index is 13.0. The minimum atomic E-state index is -3.80. The molecule has 0 radical (unpaired) electrons. The molecule has 29 heavy (non-hydrogen) atoms. The minimum Gasteiger partial charge on any atom is -0.486 e. The third-order valence-corrected chi connectivity index (χ3v) is 6.54. The largest absolute Gasteiger partial charge is 0.486 e. The summed E-state index contributed by atoms with van der Waals surface area (Å²) < 4.78 is 41.9. The molecule has 0 bridgehead atoms. The number of para-hydroxylation sites is 1. The first-order valence-corrected chi connectivity index (χ1v) is 11.2. The van der Waals surface area contributed by atoms with Gasteiger partial charge in [-0.25, -0.2) is 13.4 Å². The Balaban J connectivity index is 1.48. The Morgan fingerprint density at radius 1 is 1.00 bits per heavy atom. The number of aromatic nitrogens is 2. The molecule has 5 rings (SSSR count).